The molecule has 36 heavy (non-hydrogen) atoms. The SMILES string of the molecule is CC[C@@H](C)Oc1nc(-c2cc(F)cc(OCC(C)C)c2)ccc1C(=O)NS(=O)(=O)c1cccc(C)n1. The fourth-order valence-electron chi connectivity index (χ4n) is 3.09. The molecule has 0 spiro atoms. The van der Waals surface area contributed by atoms with Crippen LogP contribution in [-0.2, 0) is 10.0 Å². The predicted molar refractivity (Wildman–Crippen MR) is 134 cm³/mol. The lowest BCUT2D eigenvalue weighted by Crippen LogP contribution is -2.32. The first-order chi connectivity index (χ1) is 17.0. The average molecular weight is 516 g/mol. The second-order valence-corrected chi connectivity index (χ2v) is 10.4. The van der Waals surface area contributed by atoms with Crippen LogP contribution in [0.1, 0.15) is 50.2 Å². The molecular formula is C26H30FN3O5S. The van der Waals surface area contributed by atoms with Crippen molar-refractivity contribution in [2.24, 2.45) is 5.92 Å². The number of carbonyl (C=O) groups is 1. The number of aryl methyl sites for hydroxylation is 1. The first-order valence-corrected chi connectivity index (χ1v) is 13.1. The van der Waals surface area contributed by atoms with E-state index in [-0.39, 0.29) is 28.5 Å². The number of halogens is 1. The minimum Gasteiger partial charge on any atom is -0.493 e. The Kier molecular flexibility index (Phi) is 8.62. The van der Waals surface area contributed by atoms with E-state index in [2.05, 4.69) is 9.97 Å². The molecule has 0 radical (unpaired) electrons. The third kappa shape index (κ3) is 7.00. The number of amides is 1. The maximum atomic E-state index is 14.3. The van der Waals surface area contributed by atoms with Crippen molar-refractivity contribution in [2.75, 3.05) is 6.61 Å². The first-order valence-electron chi connectivity index (χ1n) is 11.6. The quantitative estimate of drug-likeness (QED) is 0.408. The van der Waals surface area contributed by atoms with Gasteiger partial charge in [0.25, 0.3) is 15.9 Å². The summed E-state index contributed by atoms with van der Waals surface area (Å²) in [6, 6.07) is 11.6. The number of nitrogens with one attached hydrogen (secondary N) is 1. The summed E-state index contributed by atoms with van der Waals surface area (Å²) < 4.78 is 53.3. The van der Waals surface area contributed by atoms with E-state index >= 15 is 0 Å². The molecule has 0 fully saturated rings. The van der Waals surface area contributed by atoms with Gasteiger partial charge in [0.1, 0.15) is 17.1 Å². The number of ether oxygens (including phenoxy) is 2. The smallest absolute Gasteiger partial charge is 0.281 e. The zero-order chi connectivity index (χ0) is 26.5. The van der Waals surface area contributed by atoms with Crippen LogP contribution in [0, 0.1) is 18.7 Å². The number of rotatable bonds is 10. The Morgan fingerprint density at radius 3 is 2.50 bits per heavy atom. The summed E-state index contributed by atoms with van der Waals surface area (Å²) in [5.41, 5.74) is 1.17. The number of nitrogens with zero attached hydrogens (tertiary/aromatic N) is 2. The van der Waals surface area contributed by atoms with Gasteiger partial charge in [0.2, 0.25) is 5.88 Å². The van der Waals surface area contributed by atoms with Gasteiger partial charge in [-0.05, 0) is 62.6 Å². The largest absolute Gasteiger partial charge is 0.493 e. The number of sulfonamides is 1. The van der Waals surface area contributed by atoms with Crippen LogP contribution < -0.4 is 14.2 Å². The molecule has 3 aromatic rings. The van der Waals surface area contributed by atoms with Crippen LogP contribution in [0.25, 0.3) is 11.3 Å². The van der Waals surface area contributed by atoms with Crippen LogP contribution in [0.2, 0.25) is 0 Å². The highest BCUT2D eigenvalue weighted by Crippen LogP contribution is 2.29. The maximum absolute atomic E-state index is 14.3. The molecule has 0 bridgehead atoms. The summed E-state index contributed by atoms with van der Waals surface area (Å²) >= 11 is 0. The second-order valence-electron chi connectivity index (χ2n) is 8.82. The van der Waals surface area contributed by atoms with Crippen molar-refractivity contribution < 1.29 is 27.1 Å². The van der Waals surface area contributed by atoms with Crippen LogP contribution in [0.15, 0.2) is 53.6 Å². The minimum absolute atomic E-state index is 0.0688. The third-order valence-electron chi connectivity index (χ3n) is 5.11. The van der Waals surface area contributed by atoms with E-state index in [4.69, 9.17) is 9.47 Å². The van der Waals surface area contributed by atoms with E-state index in [1.807, 2.05) is 25.5 Å². The summed E-state index contributed by atoms with van der Waals surface area (Å²) in [4.78, 5) is 21.4. The number of benzene rings is 1. The van der Waals surface area contributed by atoms with E-state index in [0.717, 1.165) is 0 Å². The van der Waals surface area contributed by atoms with Crippen molar-refractivity contribution in [1.82, 2.24) is 14.7 Å². The summed E-state index contributed by atoms with van der Waals surface area (Å²) in [5, 5.41) is -0.279. The van der Waals surface area contributed by atoms with Crippen LogP contribution in [0.3, 0.4) is 0 Å². The van der Waals surface area contributed by atoms with Crippen LogP contribution >= 0.6 is 0 Å². The highest BCUT2D eigenvalue weighted by atomic mass is 32.2. The van der Waals surface area contributed by atoms with Gasteiger partial charge in [0, 0.05) is 17.3 Å². The predicted octanol–water partition coefficient (Wildman–Crippen LogP) is 4.92. The zero-order valence-electron chi connectivity index (χ0n) is 20.9. The van der Waals surface area contributed by atoms with Gasteiger partial charge < -0.3 is 9.47 Å². The van der Waals surface area contributed by atoms with Gasteiger partial charge in [-0.15, -0.1) is 0 Å². The lowest BCUT2D eigenvalue weighted by Gasteiger charge is -2.16. The molecule has 0 aliphatic heterocycles. The molecule has 1 aromatic carbocycles. The van der Waals surface area contributed by atoms with Gasteiger partial charge in [-0.3, -0.25) is 4.79 Å². The standard InChI is InChI=1S/C26H30FN3O5S/c1-6-18(5)35-26-22(25(31)30-36(32,33)24-9-7-8-17(4)28-24)10-11-23(29-26)19-12-20(27)14-21(13-19)34-15-16(2)3/h7-14,16,18H,6,15H2,1-5H3,(H,30,31)/t18-/m1/s1. The Labute approximate surface area is 210 Å². The van der Waals surface area contributed by atoms with Crippen molar-refractivity contribution in [1.29, 1.82) is 0 Å². The number of carbonyl (C=O) groups excluding carboxylic acids is 1. The Bertz CT molecular complexity index is 1350. The summed E-state index contributed by atoms with van der Waals surface area (Å²) in [5.74, 6) is -0.884. The second kappa shape index (κ2) is 11.5. The van der Waals surface area contributed by atoms with Gasteiger partial charge in [-0.2, -0.15) is 8.42 Å². The van der Waals surface area contributed by atoms with E-state index in [9.17, 15) is 17.6 Å². The van der Waals surface area contributed by atoms with Gasteiger partial charge in [0.15, 0.2) is 5.03 Å². The fraction of sp³-hybridized carbons (Fsp3) is 0.346. The molecule has 10 heteroatoms. The van der Waals surface area contributed by atoms with Crippen molar-refractivity contribution in [3.8, 4) is 22.9 Å². The lowest BCUT2D eigenvalue weighted by atomic mass is 10.1. The van der Waals surface area contributed by atoms with Crippen molar-refractivity contribution in [3.63, 3.8) is 0 Å². The summed E-state index contributed by atoms with van der Waals surface area (Å²) in [6.07, 6.45) is 0.304. The zero-order valence-corrected chi connectivity index (χ0v) is 21.7. The molecule has 3 rings (SSSR count). The molecule has 2 heterocycles. The molecule has 0 unspecified atom stereocenters. The van der Waals surface area contributed by atoms with Gasteiger partial charge in [0.05, 0.1) is 18.4 Å². The van der Waals surface area contributed by atoms with Crippen molar-refractivity contribution in [2.45, 2.75) is 52.2 Å². The third-order valence-corrected chi connectivity index (χ3v) is 6.34. The highest BCUT2D eigenvalue weighted by Gasteiger charge is 2.24. The van der Waals surface area contributed by atoms with Crippen LogP contribution in [0.5, 0.6) is 11.6 Å². The highest BCUT2D eigenvalue weighted by molar-refractivity contribution is 7.90. The lowest BCUT2D eigenvalue weighted by molar-refractivity contribution is 0.0973. The Morgan fingerprint density at radius 2 is 1.83 bits per heavy atom. The number of hydrogen-bond acceptors (Lipinski definition) is 7. The molecule has 0 aliphatic rings. The molecular weight excluding hydrogens is 485 g/mol. The van der Waals surface area contributed by atoms with E-state index in [1.54, 1.807) is 26.0 Å². The summed E-state index contributed by atoms with van der Waals surface area (Å²) in [6.45, 7) is 9.73. The first kappa shape index (κ1) is 27.1. The number of pyridine rings is 2. The van der Waals surface area contributed by atoms with Crippen LogP contribution in [-0.4, -0.2) is 37.0 Å². The van der Waals surface area contributed by atoms with Gasteiger partial charge >= 0.3 is 0 Å². The monoisotopic (exact) mass is 515 g/mol. The normalized spacial score (nSPS) is 12.3. The molecule has 1 N–H and O–H groups in total. The van der Waals surface area contributed by atoms with E-state index < -0.39 is 21.7 Å². The van der Waals surface area contributed by atoms with E-state index in [1.165, 1.54) is 36.4 Å². The van der Waals surface area contributed by atoms with Gasteiger partial charge in [-0.25, -0.2) is 19.1 Å². The molecule has 0 saturated carbocycles. The average Bonchev–Trinajstić information content (AvgIpc) is 2.82. The molecule has 0 aliphatic carbocycles. The molecule has 192 valence electrons. The number of hydrogen-bond donors (Lipinski definition) is 1. The van der Waals surface area contributed by atoms with Crippen molar-refractivity contribution in [3.05, 3.63) is 65.6 Å². The Balaban J connectivity index is 1.97. The molecule has 0 saturated heterocycles. The number of aromatic nitrogens is 2. The Hall–Kier alpha value is -3.53. The van der Waals surface area contributed by atoms with Gasteiger partial charge in [-0.1, -0.05) is 26.8 Å². The Morgan fingerprint density at radius 1 is 1.08 bits per heavy atom. The minimum atomic E-state index is -4.23. The molecule has 2 aromatic heterocycles. The summed E-state index contributed by atoms with van der Waals surface area (Å²) in [7, 11) is -4.23. The maximum Gasteiger partial charge on any atom is 0.281 e. The topological polar surface area (TPSA) is 107 Å². The fourth-order valence-corrected chi connectivity index (χ4v) is 4.07. The van der Waals surface area contributed by atoms with Crippen molar-refractivity contribution >= 4 is 15.9 Å². The molecule has 1 atom stereocenters. The molecule has 8 nitrogen and oxygen atoms in total. The molecule has 1 amide bonds. The van der Waals surface area contributed by atoms with Crippen LogP contribution in [0.4, 0.5) is 4.39 Å². The van der Waals surface area contributed by atoms with E-state index in [0.29, 0.717) is 35.7 Å².